The van der Waals surface area contributed by atoms with Crippen LogP contribution in [0.4, 0.5) is 0 Å². The SMILES string of the molecule is O=C(O)c1csc(C2=CCCCC2)n1. The molecule has 0 atom stereocenters. The van der Waals surface area contributed by atoms with Crippen molar-refractivity contribution in [3.8, 4) is 0 Å². The highest BCUT2D eigenvalue weighted by atomic mass is 32.1. The van der Waals surface area contributed by atoms with E-state index in [-0.39, 0.29) is 5.69 Å². The van der Waals surface area contributed by atoms with Gasteiger partial charge in [-0.3, -0.25) is 0 Å². The maximum atomic E-state index is 10.6. The first kappa shape index (κ1) is 9.40. The van der Waals surface area contributed by atoms with E-state index in [1.54, 1.807) is 5.38 Å². The molecule has 0 aliphatic heterocycles. The Labute approximate surface area is 86.1 Å². The number of aromatic carboxylic acids is 1. The van der Waals surface area contributed by atoms with Crippen LogP contribution in [0.2, 0.25) is 0 Å². The molecule has 74 valence electrons. The molecule has 1 aliphatic carbocycles. The van der Waals surface area contributed by atoms with Crippen LogP contribution in [0.3, 0.4) is 0 Å². The topological polar surface area (TPSA) is 50.2 Å². The van der Waals surface area contributed by atoms with Crippen molar-refractivity contribution >= 4 is 22.9 Å². The fourth-order valence-corrected chi connectivity index (χ4v) is 2.42. The molecule has 0 unspecified atom stereocenters. The predicted octanol–water partition coefficient (Wildman–Crippen LogP) is 2.80. The molecule has 2 rings (SSSR count). The number of carbonyl (C=O) groups is 1. The Kier molecular flexibility index (Phi) is 2.63. The zero-order valence-electron chi connectivity index (χ0n) is 7.69. The molecule has 1 aromatic rings. The molecule has 1 aliphatic rings. The van der Waals surface area contributed by atoms with Crippen LogP contribution in [0.15, 0.2) is 11.5 Å². The van der Waals surface area contributed by atoms with Crippen molar-refractivity contribution in [1.29, 1.82) is 0 Å². The lowest BCUT2D eigenvalue weighted by atomic mass is 10.0. The van der Waals surface area contributed by atoms with Crippen LogP contribution in [0.5, 0.6) is 0 Å². The number of hydrogen-bond donors (Lipinski definition) is 1. The van der Waals surface area contributed by atoms with Crippen LogP contribution in [0, 0.1) is 0 Å². The molecule has 0 amide bonds. The van der Waals surface area contributed by atoms with Gasteiger partial charge in [0.1, 0.15) is 5.01 Å². The Morgan fingerprint density at radius 1 is 1.50 bits per heavy atom. The molecular formula is C10H11NO2S. The molecule has 4 heteroatoms. The Balaban J connectivity index is 2.23. The Hall–Kier alpha value is -1.16. The van der Waals surface area contributed by atoms with Crippen LogP contribution >= 0.6 is 11.3 Å². The molecule has 0 saturated heterocycles. The minimum Gasteiger partial charge on any atom is -0.476 e. The number of hydrogen-bond acceptors (Lipinski definition) is 3. The average molecular weight is 209 g/mol. The number of aromatic nitrogens is 1. The summed E-state index contributed by atoms with van der Waals surface area (Å²) in [4.78, 5) is 14.7. The van der Waals surface area contributed by atoms with Gasteiger partial charge >= 0.3 is 5.97 Å². The normalized spacial score (nSPS) is 16.4. The van der Waals surface area contributed by atoms with E-state index in [0.717, 1.165) is 17.8 Å². The summed E-state index contributed by atoms with van der Waals surface area (Å²) < 4.78 is 0. The first-order chi connectivity index (χ1) is 6.77. The van der Waals surface area contributed by atoms with Crippen molar-refractivity contribution in [2.24, 2.45) is 0 Å². The third-order valence-electron chi connectivity index (χ3n) is 2.29. The van der Waals surface area contributed by atoms with E-state index in [1.807, 2.05) is 0 Å². The number of rotatable bonds is 2. The molecule has 0 radical (unpaired) electrons. The highest BCUT2D eigenvalue weighted by Gasteiger charge is 2.13. The second-order valence-corrected chi connectivity index (χ2v) is 4.18. The molecule has 0 saturated carbocycles. The van der Waals surface area contributed by atoms with Crippen LogP contribution in [0.25, 0.3) is 5.57 Å². The Morgan fingerprint density at radius 2 is 2.36 bits per heavy atom. The summed E-state index contributed by atoms with van der Waals surface area (Å²) >= 11 is 1.42. The fraction of sp³-hybridized carbons (Fsp3) is 0.400. The maximum absolute atomic E-state index is 10.6. The van der Waals surface area contributed by atoms with Gasteiger partial charge in [0, 0.05) is 5.38 Å². The summed E-state index contributed by atoms with van der Waals surface area (Å²) in [5.41, 5.74) is 1.38. The van der Waals surface area contributed by atoms with Gasteiger partial charge in [0.2, 0.25) is 0 Å². The van der Waals surface area contributed by atoms with Gasteiger partial charge in [-0.25, -0.2) is 9.78 Å². The van der Waals surface area contributed by atoms with Crippen LogP contribution < -0.4 is 0 Å². The lowest BCUT2D eigenvalue weighted by Crippen LogP contribution is -1.97. The number of carboxylic acid groups (broad SMARTS) is 1. The number of nitrogens with zero attached hydrogens (tertiary/aromatic N) is 1. The van der Waals surface area contributed by atoms with Gasteiger partial charge < -0.3 is 5.11 Å². The van der Waals surface area contributed by atoms with Crippen LogP contribution in [0.1, 0.15) is 41.2 Å². The lowest BCUT2D eigenvalue weighted by molar-refractivity contribution is 0.0691. The highest BCUT2D eigenvalue weighted by Crippen LogP contribution is 2.28. The zero-order chi connectivity index (χ0) is 9.97. The maximum Gasteiger partial charge on any atom is 0.355 e. The van der Waals surface area contributed by atoms with E-state index in [9.17, 15) is 4.79 Å². The summed E-state index contributed by atoms with van der Waals surface area (Å²) in [5, 5.41) is 11.2. The van der Waals surface area contributed by atoms with Gasteiger partial charge in [-0.1, -0.05) is 6.08 Å². The Bertz CT molecular complexity index is 381. The van der Waals surface area contributed by atoms with Gasteiger partial charge in [0.15, 0.2) is 5.69 Å². The Morgan fingerprint density at radius 3 is 2.93 bits per heavy atom. The number of allylic oxidation sites excluding steroid dienone is 2. The lowest BCUT2D eigenvalue weighted by Gasteiger charge is -2.09. The van der Waals surface area contributed by atoms with E-state index in [2.05, 4.69) is 11.1 Å². The van der Waals surface area contributed by atoms with Crippen molar-refractivity contribution in [3.05, 3.63) is 22.2 Å². The molecule has 3 nitrogen and oxygen atoms in total. The minimum absolute atomic E-state index is 0.163. The molecule has 0 bridgehead atoms. The summed E-state index contributed by atoms with van der Waals surface area (Å²) in [6, 6.07) is 0. The minimum atomic E-state index is -0.941. The van der Waals surface area contributed by atoms with E-state index in [4.69, 9.17) is 5.11 Å². The quantitative estimate of drug-likeness (QED) is 0.814. The van der Waals surface area contributed by atoms with Crippen LogP contribution in [-0.4, -0.2) is 16.1 Å². The van der Waals surface area contributed by atoms with Gasteiger partial charge in [-0.15, -0.1) is 11.3 Å². The molecule has 14 heavy (non-hydrogen) atoms. The predicted molar refractivity (Wildman–Crippen MR) is 55.5 cm³/mol. The third-order valence-corrected chi connectivity index (χ3v) is 3.21. The third kappa shape index (κ3) is 1.85. The van der Waals surface area contributed by atoms with E-state index < -0.39 is 5.97 Å². The number of carboxylic acids is 1. The monoisotopic (exact) mass is 209 g/mol. The average Bonchev–Trinajstić information content (AvgIpc) is 2.68. The summed E-state index contributed by atoms with van der Waals surface area (Å²) in [6.45, 7) is 0. The van der Waals surface area contributed by atoms with E-state index >= 15 is 0 Å². The van der Waals surface area contributed by atoms with Crippen molar-refractivity contribution in [3.63, 3.8) is 0 Å². The summed E-state index contributed by atoms with van der Waals surface area (Å²) in [5.74, 6) is -0.941. The molecular weight excluding hydrogens is 198 g/mol. The number of thiazole rings is 1. The standard InChI is InChI=1S/C10H11NO2S/c12-10(13)8-6-14-9(11-8)7-4-2-1-3-5-7/h4,6H,1-3,5H2,(H,12,13). The summed E-state index contributed by atoms with van der Waals surface area (Å²) in [7, 11) is 0. The zero-order valence-corrected chi connectivity index (χ0v) is 8.51. The van der Waals surface area contributed by atoms with Gasteiger partial charge in [0.05, 0.1) is 0 Å². The van der Waals surface area contributed by atoms with Crippen molar-refractivity contribution < 1.29 is 9.90 Å². The first-order valence-corrected chi connectivity index (χ1v) is 5.53. The van der Waals surface area contributed by atoms with Gasteiger partial charge in [-0.05, 0) is 31.3 Å². The molecule has 1 N–H and O–H groups in total. The largest absolute Gasteiger partial charge is 0.476 e. The second kappa shape index (κ2) is 3.92. The second-order valence-electron chi connectivity index (χ2n) is 3.32. The van der Waals surface area contributed by atoms with Gasteiger partial charge in [0.25, 0.3) is 0 Å². The van der Waals surface area contributed by atoms with Crippen molar-refractivity contribution in [2.75, 3.05) is 0 Å². The van der Waals surface area contributed by atoms with Gasteiger partial charge in [-0.2, -0.15) is 0 Å². The first-order valence-electron chi connectivity index (χ1n) is 4.65. The van der Waals surface area contributed by atoms with Crippen molar-refractivity contribution in [1.82, 2.24) is 4.98 Å². The van der Waals surface area contributed by atoms with Crippen molar-refractivity contribution in [2.45, 2.75) is 25.7 Å². The molecule has 1 heterocycles. The molecule has 0 aromatic carbocycles. The molecule has 1 aromatic heterocycles. The summed E-state index contributed by atoms with van der Waals surface area (Å²) in [6.07, 6.45) is 6.73. The molecule has 0 fully saturated rings. The fourth-order valence-electron chi connectivity index (χ4n) is 1.55. The van der Waals surface area contributed by atoms with E-state index in [0.29, 0.717) is 0 Å². The van der Waals surface area contributed by atoms with E-state index in [1.165, 1.54) is 29.8 Å². The van der Waals surface area contributed by atoms with Crippen LogP contribution in [-0.2, 0) is 0 Å². The smallest absolute Gasteiger partial charge is 0.355 e. The molecule has 0 spiro atoms. The highest BCUT2D eigenvalue weighted by molar-refractivity contribution is 7.11.